The van der Waals surface area contributed by atoms with E-state index in [0.717, 1.165) is 25.0 Å². The van der Waals surface area contributed by atoms with Crippen LogP contribution in [0.1, 0.15) is 41.6 Å². The van der Waals surface area contributed by atoms with E-state index in [0.29, 0.717) is 18.9 Å². The van der Waals surface area contributed by atoms with E-state index in [-0.39, 0.29) is 12.1 Å². The van der Waals surface area contributed by atoms with Gasteiger partial charge in [0.05, 0.1) is 11.1 Å². The second-order valence-corrected chi connectivity index (χ2v) is 5.65. The number of hydrogen-bond donors (Lipinski definition) is 1. The number of alkyl halides is 3. The summed E-state index contributed by atoms with van der Waals surface area (Å²) in [6.45, 7) is 0. The molecule has 7 heteroatoms. The standard InChI is InChI=1S/C15H18F4N2O/c1-21(10-7-5-9(20)6-8-10)14(22)11-3-2-4-12(13(11)16)15(17,18)19/h2-4,9-10H,5-8,20H2,1H3. The largest absolute Gasteiger partial charge is 0.419 e. The van der Waals surface area contributed by atoms with E-state index >= 15 is 0 Å². The van der Waals surface area contributed by atoms with Crippen LogP contribution >= 0.6 is 0 Å². The zero-order valence-electron chi connectivity index (χ0n) is 12.2. The van der Waals surface area contributed by atoms with Crippen LogP contribution in [0.3, 0.4) is 0 Å². The highest BCUT2D eigenvalue weighted by Gasteiger charge is 2.36. The molecule has 0 aliphatic heterocycles. The first kappa shape index (κ1) is 16.7. The van der Waals surface area contributed by atoms with Gasteiger partial charge in [0.15, 0.2) is 0 Å². The van der Waals surface area contributed by atoms with Crippen LogP contribution in [0, 0.1) is 5.82 Å². The zero-order chi connectivity index (χ0) is 16.5. The lowest BCUT2D eigenvalue weighted by molar-refractivity contribution is -0.140. The van der Waals surface area contributed by atoms with Gasteiger partial charge in [0, 0.05) is 19.1 Å². The van der Waals surface area contributed by atoms with Crippen LogP contribution in [0.2, 0.25) is 0 Å². The van der Waals surface area contributed by atoms with Gasteiger partial charge < -0.3 is 10.6 Å². The molecule has 22 heavy (non-hydrogen) atoms. The van der Waals surface area contributed by atoms with Crippen LogP contribution in [-0.2, 0) is 6.18 Å². The van der Waals surface area contributed by atoms with Gasteiger partial charge in [-0.3, -0.25) is 4.79 Å². The molecule has 1 saturated carbocycles. The van der Waals surface area contributed by atoms with E-state index in [9.17, 15) is 22.4 Å². The maximum atomic E-state index is 14.0. The van der Waals surface area contributed by atoms with Gasteiger partial charge in [-0.1, -0.05) is 6.07 Å². The van der Waals surface area contributed by atoms with Crippen LogP contribution in [0.25, 0.3) is 0 Å². The average molecular weight is 318 g/mol. The summed E-state index contributed by atoms with van der Waals surface area (Å²) in [6.07, 6.45) is -1.99. The van der Waals surface area contributed by atoms with Crippen molar-refractivity contribution in [1.29, 1.82) is 0 Å². The average Bonchev–Trinajstić information content (AvgIpc) is 2.45. The van der Waals surface area contributed by atoms with Crippen molar-refractivity contribution in [2.75, 3.05) is 7.05 Å². The Bertz CT molecular complexity index is 551. The Morgan fingerprint density at radius 2 is 1.82 bits per heavy atom. The number of halogens is 4. The summed E-state index contributed by atoms with van der Waals surface area (Å²) in [5, 5.41) is 0. The zero-order valence-corrected chi connectivity index (χ0v) is 12.2. The Hall–Kier alpha value is -1.63. The molecule has 1 aliphatic carbocycles. The number of carbonyl (C=O) groups excluding carboxylic acids is 1. The number of amides is 1. The third kappa shape index (κ3) is 3.40. The number of nitrogens with zero attached hydrogens (tertiary/aromatic N) is 1. The summed E-state index contributed by atoms with van der Waals surface area (Å²) in [7, 11) is 1.49. The first-order valence-corrected chi connectivity index (χ1v) is 7.10. The van der Waals surface area contributed by atoms with Crippen LogP contribution in [0.4, 0.5) is 17.6 Å². The van der Waals surface area contributed by atoms with Crippen LogP contribution in [-0.4, -0.2) is 29.9 Å². The van der Waals surface area contributed by atoms with E-state index in [4.69, 9.17) is 5.73 Å². The number of carbonyl (C=O) groups is 1. The normalized spacial score (nSPS) is 22.5. The van der Waals surface area contributed by atoms with Gasteiger partial charge in [0.1, 0.15) is 5.82 Å². The van der Waals surface area contributed by atoms with Gasteiger partial charge in [-0.2, -0.15) is 13.2 Å². The van der Waals surface area contributed by atoms with Crippen molar-refractivity contribution < 1.29 is 22.4 Å². The van der Waals surface area contributed by atoms with Gasteiger partial charge in [0.25, 0.3) is 5.91 Å². The Kier molecular flexibility index (Phi) is 4.75. The fourth-order valence-electron chi connectivity index (χ4n) is 2.76. The first-order chi connectivity index (χ1) is 10.2. The summed E-state index contributed by atoms with van der Waals surface area (Å²) >= 11 is 0. The Morgan fingerprint density at radius 1 is 1.23 bits per heavy atom. The van der Waals surface area contributed by atoms with Gasteiger partial charge in [0.2, 0.25) is 0 Å². The fourth-order valence-corrected chi connectivity index (χ4v) is 2.76. The molecule has 0 atom stereocenters. The van der Waals surface area contributed by atoms with Crippen molar-refractivity contribution >= 4 is 5.91 Å². The van der Waals surface area contributed by atoms with Crippen LogP contribution in [0.5, 0.6) is 0 Å². The minimum Gasteiger partial charge on any atom is -0.339 e. The van der Waals surface area contributed by atoms with E-state index in [1.807, 2.05) is 0 Å². The topological polar surface area (TPSA) is 46.3 Å². The molecule has 3 nitrogen and oxygen atoms in total. The molecular weight excluding hydrogens is 300 g/mol. The monoisotopic (exact) mass is 318 g/mol. The predicted octanol–water partition coefficient (Wildman–Crippen LogP) is 3.19. The smallest absolute Gasteiger partial charge is 0.339 e. The van der Waals surface area contributed by atoms with Crippen molar-refractivity contribution in [2.45, 2.75) is 43.9 Å². The summed E-state index contributed by atoms with van der Waals surface area (Å²) in [5.41, 5.74) is 3.82. The minimum absolute atomic E-state index is 0.0880. The molecule has 1 aliphatic rings. The highest BCUT2D eigenvalue weighted by Crippen LogP contribution is 2.33. The van der Waals surface area contributed by atoms with E-state index < -0.39 is 29.0 Å². The van der Waals surface area contributed by atoms with Gasteiger partial charge in [-0.05, 0) is 37.8 Å². The van der Waals surface area contributed by atoms with Crippen LogP contribution in [0.15, 0.2) is 18.2 Å². The van der Waals surface area contributed by atoms with Crippen molar-refractivity contribution in [3.05, 3.63) is 35.1 Å². The van der Waals surface area contributed by atoms with Gasteiger partial charge in [-0.25, -0.2) is 4.39 Å². The number of hydrogen-bond acceptors (Lipinski definition) is 2. The molecule has 0 heterocycles. The second-order valence-electron chi connectivity index (χ2n) is 5.65. The molecule has 0 bridgehead atoms. The van der Waals surface area contributed by atoms with Crippen LogP contribution < -0.4 is 5.73 Å². The lowest BCUT2D eigenvalue weighted by atomic mass is 9.90. The molecule has 1 aromatic rings. The molecule has 1 fully saturated rings. The SMILES string of the molecule is CN(C(=O)c1cccc(C(F)(F)F)c1F)C1CCC(N)CC1. The highest BCUT2D eigenvalue weighted by atomic mass is 19.4. The Balaban J connectivity index is 2.22. The molecule has 1 amide bonds. The van der Waals surface area contributed by atoms with Gasteiger partial charge in [-0.15, -0.1) is 0 Å². The van der Waals surface area contributed by atoms with Crippen molar-refractivity contribution in [2.24, 2.45) is 5.73 Å². The Morgan fingerprint density at radius 3 is 2.36 bits per heavy atom. The first-order valence-electron chi connectivity index (χ1n) is 7.10. The lowest BCUT2D eigenvalue weighted by Crippen LogP contribution is -2.42. The molecule has 2 N–H and O–H groups in total. The molecule has 1 aromatic carbocycles. The minimum atomic E-state index is -4.82. The maximum Gasteiger partial charge on any atom is 0.419 e. The van der Waals surface area contributed by atoms with Crippen molar-refractivity contribution in [3.8, 4) is 0 Å². The van der Waals surface area contributed by atoms with Crippen molar-refractivity contribution in [1.82, 2.24) is 4.90 Å². The maximum absolute atomic E-state index is 14.0. The second kappa shape index (κ2) is 6.24. The third-order valence-corrected chi connectivity index (χ3v) is 4.14. The lowest BCUT2D eigenvalue weighted by Gasteiger charge is -2.33. The predicted molar refractivity (Wildman–Crippen MR) is 73.7 cm³/mol. The molecule has 0 unspecified atom stereocenters. The highest BCUT2D eigenvalue weighted by molar-refractivity contribution is 5.94. The summed E-state index contributed by atoms with van der Waals surface area (Å²) < 4.78 is 52.2. The van der Waals surface area contributed by atoms with E-state index in [2.05, 4.69) is 0 Å². The Labute approximate surface area is 126 Å². The summed E-state index contributed by atoms with van der Waals surface area (Å²) in [6, 6.07) is 2.72. The van der Waals surface area contributed by atoms with Gasteiger partial charge >= 0.3 is 6.18 Å². The molecule has 0 radical (unpaired) electrons. The fraction of sp³-hybridized carbons (Fsp3) is 0.533. The summed E-state index contributed by atoms with van der Waals surface area (Å²) in [4.78, 5) is 13.6. The van der Waals surface area contributed by atoms with Crippen molar-refractivity contribution in [3.63, 3.8) is 0 Å². The molecule has 122 valence electrons. The third-order valence-electron chi connectivity index (χ3n) is 4.14. The molecule has 0 spiro atoms. The molecular formula is C15H18F4N2O. The molecule has 0 saturated heterocycles. The number of rotatable bonds is 2. The molecule has 0 aromatic heterocycles. The quantitative estimate of drug-likeness (QED) is 0.851. The van der Waals surface area contributed by atoms with E-state index in [1.54, 1.807) is 0 Å². The number of benzene rings is 1. The number of nitrogens with two attached hydrogens (primary N) is 1. The van der Waals surface area contributed by atoms with E-state index in [1.165, 1.54) is 11.9 Å². The summed E-state index contributed by atoms with van der Waals surface area (Å²) in [5.74, 6) is -2.25. The molecule has 2 rings (SSSR count).